The highest BCUT2D eigenvalue weighted by molar-refractivity contribution is 7.17. The average molecular weight is 268 g/mol. The Kier molecular flexibility index (Phi) is 3.75. The van der Waals surface area contributed by atoms with E-state index >= 15 is 0 Å². The normalized spacial score (nSPS) is 10.4. The minimum absolute atomic E-state index is 0.257. The lowest BCUT2D eigenvalue weighted by atomic mass is 10.4. The van der Waals surface area contributed by atoms with Crippen molar-refractivity contribution in [3.8, 4) is 0 Å². The third-order valence-electron chi connectivity index (χ3n) is 2.20. The van der Waals surface area contributed by atoms with Gasteiger partial charge in [0.2, 0.25) is 0 Å². The number of aromatic carboxylic acids is 1. The minimum atomic E-state index is -0.931. The molecular weight excluding hydrogens is 256 g/mol. The molecule has 90 valence electrons. The number of aryl methyl sites for hydroxylation is 1. The summed E-state index contributed by atoms with van der Waals surface area (Å²) in [7, 11) is 0. The van der Waals surface area contributed by atoms with Crippen molar-refractivity contribution in [3.63, 3.8) is 0 Å². The van der Waals surface area contributed by atoms with Crippen LogP contribution >= 0.6 is 22.7 Å². The number of carboxylic acids is 1. The average Bonchev–Trinajstić information content (AvgIpc) is 2.95. The van der Waals surface area contributed by atoms with E-state index < -0.39 is 5.97 Å². The molecule has 2 N–H and O–H groups in total. The second-order valence-corrected chi connectivity index (χ2v) is 5.69. The Balaban J connectivity index is 1.94. The van der Waals surface area contributed by atoms with E-state index in [4.69, 9.17) is 5.11 Å². The molecule has 0 unspecified atom stereocenters. The molecule has 0 bridgehead atoms. The van der Waals surface area contributed by atoms with Crippen molar-refractivity contribution < 1.29 is 9.90 Å². The zero-order valence-corrected chi connectivity index (χ0v) is 10.9. The maximum absolute atomic E-state index is 10.7. The van der Waals surface area contributed by atoms with Crippen LogP contribution in [0.15, 0.2) is 18.3 Å². The van der Waals surface area contributed by atoms with Gasteiger partial charge in [-0.1, -0.05) is 18.3 Å². The number of thiazole rings is 1. The summed E-state index contributed by atoms with van der Waals surface area (Å²) >= 11 is 2.92. The van der Waals surface area contributed by atoms with Gasteiger partial charge in [0.05, 0.1) is 12.7 Å². The summed E-state index contributed by atoms with van der Waals surface area (Å²) in [6, 6.07) is 4.20. The second-order valence-electron chi connectivity index (χ2n) is 3.41. The molecule has 17 heavy (non-hydrogen) atoms. The number of nitrogens with zero attached hydrogens (tertiary/aromatic N) is 1. The number of nitrogens with one attached hydrogen (secondary N) is 1. The number of anilines is 1. The van der Waals surface area contributed by atoms with Gasteiger partial charge in [0.1, 0.15) is 4.88 Å². The highest BCUT2D eigenvalue weighted by atomic mass is 32.1. The quantitative estimate of drug-likeness (QED) is 0.874. The number of hydrogen-bond donors (Lipinski definition) is 2. The maximum atomic E-state index is 10.7. The molecule has 0 saturated heterocycles. The van der Waals surface area contributed by atoms with Crippen LogP contribution in [-0.4, -0.2) is 16.1 Å². The first-order valence-corrected chi connectivity index (χ1v) is 6.83. The number of rotatable bonds is 5. The lowest BCUT2D eigenvalue weighted by Crippen LogP contribution is -1.95. The largest absolute Gasteiger partial charge is 0.477 e. The van der Waals surface area contributed by atoms with Gasteiger partial charge in [-0.2, -0.15) is 0 Å². The zero-order chi connectivity index (χ0) is 12.3. The fourth-order valence-corrected chi connectivity index (χ4v) is 2.87. The predicted molar refractivity (Wildman–Crippen MR) is 70.1 cm³/mol. The van der Waals surface area contributed by atoms with Crippen molar-refractivity contribution in [2.24, 2.45) is 0 Å². The molecule has 6 heteroatoms. The second kappa shape index (κ2) is 5.29. The highest BCUT2D eigenvalue weighted by Gasteiger charge is 2.08. The molecule has 0 radical (unpaired) electrons. The molecule has 0 fully saturated rings. The molecule has 2 aromatic rings. The Morgan fingerprint density at radius 2 is 2.18 bits per heavy atom. The van der Waals surface area contributed by atoms with Crippen LogP contribution < -0.4 is 5.32 Å². The van der Waals surface area contributed by atoms with Gasteiger partial charge in [-0.3, -0.25) is 0 Å². The lowest BCUT2D eigenvalue weighted by molar-refractivity contribution is 0.0702. The van der Waals surface area contributed by atoms with Crippen molar-refractivity contribution in [1.82, 2.24) is 4.98 Å². The van der Waals surface area contributed by atoms with Gasteiger partial charge in [-0.25, -0.2) is 9.78 Å². The monoisotopic (exact) mass is 268 g/mol. The van der Waals surface area contributed by atoms with E-state index in [9.17, 15) is 4.79 Å². The summed E-state index contributed by atoms with van der Waals surface area (Å²) in [5.41, 5.74) is 0. The fourth-order valence-electron chi connectivity index (χ4n) is 1.32. The fraction of sp³-hybridized carbons (Fsp3) is 0.273. The molecule has 2 aromatic heterocycles. The van der Waals surface area contributed by atoms with Crippen LogP contribution in [0, 0.1) is 0 Å². The number of carboxylic acid groups (broad SMARTS) is 1. The zero-order valence-electron chi connectivity index (χ0n) is 9.27. The number of thiophene rings is 1. The van der Waals surface area contributed by atoms with Crippen LogP contribution in [0.4, 0.5) is 5.13 Å². The third-order valence-corrected chi connectivity index (χ3v) is 4.37. The van der Waals surface area contributed by atoms with Gasteiger partial charge in [0.15, 0.2) is 5.13 Å². The van der Waals surface area contributed by atoms with Crippen molar-refractivity contribution >= 4 is 33.8 Å². The van der Waals surface area contributed by atoms with E-state index in [0.29, 0.717) is 11.7 Å². The first kappa shape index (κ1) is 12.1. The Labute approximate surface area is 107 Å². The Bertz CT molecular complexity index is 519. The minimum Gasteiger partial charge on any atom is -0.477 e. The first-order valence-electron chi connectivity index (χ1n) is 5.19. The van der Waals surface area contributed by atoms with Crippen LogP contribution in [0.25, 0.3) is 0 Å². The standard InChI is InChI=1S/C11H12N2O2S2/c1-2-7-3-4-8(16-7)5-12-11-13-6-9(17-11)10(14)15/h3-4,6H,2,5H2,1H3,(H,12,13)(H,14,15). The Morgan fingerprint density at radius 1 is 1.41 bits per heavy atom. The van der Waals surface area contributed by atoms with Gasteiger partial charge in [0, 0.05) is 9.75 Å². The molecule has 0 spiro atoms. The summed E-state index contributed by atoms with van der Waals surface area (Å²) in [5.74, 6) is -0.931. The first-order chi connectivity index (χ1) is 8.19. The molecule has 0 aliphatic carbocycles. The number of hydrogen-bond acceptors (Lipinski definition) is 5. The molecule has 0 aliphatic heterocycles. The summed E-state index contributed by atoms with van der Waals surface area (Å²) in [6.45, 7) is 2.82. The van der Waals surface area contributed by atoms with Gasteiger partial charge >= 0.3 is 5.97 Å². The maximum Gasteiger partial charge on any atom is 0.347 e. The molecule has 0 atom stereocenters. The Hall–Kier alpha value is -1.40. The lowest BCUT2D eigenvalue weighted by Gasteiger charge is -1.98. The van der Waals surface area contributed by atoms with Crippen LogP contribution in [0.3, 0.4) is 0 Å². The van der Waals surface area contributed by atoms with E-state index in [1.54, 1.807) is 11.3 Å². The summed E-state index contributed by atoms with van der Waals surface area (Å²) in [6.07, 6.45) is 2.42. The van der Waals surface area contributed by atoms with Gasteiger partial charge in [-0.05, 0) is 18.6 Å². The third kappa shape index (κ3) is 3.04. The van der Waals surface area contributed by atoms with Gasteiger partial charge in [-0.15, -0.1) is 11.3 Å². The summed E-state index contributed by atoms with van der Waals surface area (Å²) < 4.78 is 0. The molecule has 2 heterocycles. The topological polar surface area (TPSA) is 62.2 Å². The molecule has 4 nitrogen and oxygen atoms in total. The molecule has 2 rings (SSSR count). The SMILES string of the molecule is CCc1ccc(CNc2ncc(C(=O)O)s2)s1. The van der Waals surface area contributed by atoms with Crippen LogP contribution in [0.5, 0.6) is 0 Å². The smallest absolute Gasteiger partial charge is 0.347 e. The summed E-state index contributed by atoms with van der Waals surface area (Å²) in [5, 5.41) is 12.5. The molecule has 0 aromatic carbocycles. The van der Waals surface area contributed by atoms with E-state index in [1.165, 1.54) is 16.0 Å². The van der Waals surface area contributed by atoms with Crippen LogP contribution in [0.1, 0.15) is 26.3 Å². The summed E-state index contributed by atoms with van der Waals surface area (Å²) in [4.78, 5) is 17.5. The highest BCUT2D eigenvalue weighted by Crippen LogP contribution is 2.21. The van der Waals surface area contributed by atoms with Crippen molar-refractivity contribution in [2.75, 3.05) is 5.32 Å². The van der Waals surface area contributed by atoms with Crippen LogP contribution in [-0.2, 0) is 13.0 Å². The van der Waals surface area contributed by atoms with Gasteiger partial charge in [0.25, 0.3) is 0 Å². The number of aromatic nitrogens is 1. The van der Waals surface area contributed by atoms with Crippen molar-refractivity contribution in [2.45, 2.75) is 19.9 Å². The Morgan fingerprint density at radius 3 is 2.76 bits per heavy atom. The van der Waals surface area contributed by atoms with Gasteiger partial charge < -0.3 is 10.4 Å². The van der Waals surface area contributed by atoms with E-state index in [0.717, 1.165) is 17.8 Å². The van der Waals surface area contributed by atoms with E-state index in [1.807, 2.05) is 0 Å². The molecule has 0 aliphatic rings. The molecule has 0 amide bonds. The predicted octanol–water partition coefficient (Wildman–Crippen LogP) is 3.08. The number of carbonyl (C=O) groups is 1. The van der Waals surface area contributed by atoms with Crippen LogP contribution in [0.2, 0.25) is 0 Å². The molecule has 0 saturated carbocycles. The van der Waals surface area contributed by atoms with E-state index in [2.05, 4.69) is 29.4 Å². The van der Waals surface area contributed by atoms with Crippen molar-refractivity contribution in [3.05, 3.63) is 33.0 Å². The van der Waals surface area contributed by atoms with Crippen molar-refractivity contribution in [1.29, 1.82) is 0 Å². The molecular formula is C11H12N2O2S2. The van der Waals surface area contributed by atoms with E-state index in [-0.39, 0.29) is 4.88 Å².